The molecule has 0 heterocycles. The highest BCUT2D eigenvalue weighted by Gasteiger charge is 2.27. The van der Waals surface area contributed by atoms with Gasteiger partial charge in [-0.2, -0.15) is 0 Å². The van der Waals surface area contributed by atoms with Crippen LogP contribution >= 0.6 is 22.6 Å². The van der Waals surface area contributed by atoms with Crippen molar-refractivity contribution in [2.75, 3.05) is 4.43 Å². The van der Waals surface area contributed by atoms with E-state index in [4.69, 9.17) is 0 Å². The maximum atomic E-state index is 2.56. The van der Waals surface area contributed by atoms with Gasteiger partial charge in [0, 0.05) is 4.43 Å². The quantitative estimate of drug-likeness (QED) is 0.525. The van der Waals surface area contributed by atoms with E-state index in [2.05, 4.69) is 36.4 Å². The van der Waals surface area contributed by atoms with Crippen molar-refractivity contribution in [3.05, 3.63) is 0 Å². The lowest BCUT2D eigenvalue weighted by Crippen LogP contribution is -2.26. The average Bonchev–Trinajstić information content (AvgIpc) is 2.04. The SMILES string of the molecule is CCC1C(C)CCCC1CI. The molecule has 1 aliphatic carbocycles. The highest BCUT2D eigenvalue weighted by Crippen LogP contribution is 2.37. The Morgan fingerprint density at radius 2 is 2.09 bits per heavy atom. The van der Waals surface area contributed by atoms with Crippen LogP contribution in [0, 0.1) is 17.8 Å². The Hall–Kier alpha value is 0.730. The summed E-state index contributed by atoms with van der Waals surface area (Å²) in [5.74, 6) is 3.05. The Labute approximate surface area is 84.3 Å². The van der Waals surface area contributed by atoms with Crippen LogP contribution in [0.3, 0.4) is 0 Å². The van der Waals surface area contributed by atoms with Gasteiger partial charge in [-0.3, -0.25) is 0 Å². The predicted molar refractivity (Wildman–Crippen MR) is 59.2 cm³/mol. The van der Waals surface area contributed by atoms with Gasteiger partial charge in [0.2, 0.25) is 0 Å². The van der Waals surface area contributed by atoms with Crippen molar-refractivity contribution in [2.45, 2.75) is 39.5 Å². The summed E-state index contributed by atoms with van der Waals surface area (Å²) in [4.78, 5) is 0. The largest absolute Gasteiger partial charge is 0.0861 e. The number of hydrogen-bond acceptors (Lipinski definition) is 0. The third-order valence-corrected chi connectivity index (χ3v) is 4.37. The molecule has 0 saturated heterocycles. The van der Waals surface area contributed by atoms with Crippen molar-refractivity contribution < 1.29 is 0 Å². The number of rotatable bonds is 2. The summed E-state index contributed by atoms with van der Waals surface area (Å²) in [6.07, 6.45) is 5.84. The first-order chi connectivity index (χ1) is 5.29. The molecule has 3 atom stereocenters. The van der Waals surface area contributed by atoms with Crippen LogP contribution in [0.4, 0.5) is 0 Å². The van der Waals surface area contributed by atoms with Crippen LogP contribution in [0.5, 0.6) is 0 Å². The molecule has 1 fully saturated rings. The van der Waals surface area contributed by atoms with Crippen molar-refractivity contribution in [1.29, 1.82) is 0 Å². The van der Waals surface area contributed by atoms with Crippen LogP contribution in [0.1, 0.15) is 39.5 Å². The van der Waals surface area contributed by atoms with Gasteiger partial charge in [0.1, 0.15) is 0 Å². The molecular formula is C10H19I. The fraction of sp³-hybridized carbons (Fsp3) is 1.00. The summed E-state index contributed by atoms with van der Waals surface area (Å²) in [5, 5.41) is 0. The van der Waals surface area contributed by atoms with Crippen LogP contribution in [0.2, 0.25) is 0 Å². The Balaban J connectivity index is 2.48. The maximum absolute atomic E-state index is 2.56. The van der Waals surface area contributed by atoms with Crippen LogP contribution < -0.4 is 0 Å². The molecule has 0 spiro atoms. The maximum Gasteiger partial charge on any atom is 0.00264 e. The van der Waals surface area contributed by atoms with Crippen LogP contribution in [0.25, 0.3) is 0 Å². The molecule has 0 aromatic heterocycles. The third-order valence-electron chi connectivity index (χ3n) is 3.24. The van der Waals surface area contributed by atoms with Gasteiger partial charge in [-0.05, 0) is 24.2 Å². The van der Waals surface area contributed by atoms with E-state index in [0.29, 0.717) is 0 Å². The van der Waals surface area contributed by atoms with E-state index < -0.39 is 0 Å². The van der Waals surface area contributed by atoms with Crippen LogP contribution in [-0.2, 0) is 0 Å². The van der Waals surface area contributed by atoms with Crippen molar-refractivity contribution >= 4 is 22.6 Å². The van der Waals surface area contributed by atoms with Crippen molar-refractivity contribution in [1.82, 2.24) is 0 Å². The Morgan fingerprint density at radius 3 is 2.55 bits per heavy atom. The molecule has 0 N–H and O–H groups in total. The van der Waals surface area contributed by atoms with Gasteiger partial charge in [0.25, 0.3) is 0 Å². The molecule has 1 rings (SSSR count). The van der Waals surface area contributed by atoms with E-state index >= 15 is 0 Å². The molecule has 1 aliphatic rings. The predicted octanol–water partition coefficient (Wildman–Crippen LogP) is 3.88. The van der Waals surface area contributed by atoms with Crippen molar-refractivity contribution in [3.63, 3.8) is 0 Å². The van der Waals surface area contributed by atoms with E-state index in [-0.39, 0.29) is 0 Å². The summed E-state index contributed by atoms with van der Waals surface area (Å²) in [6, 6.07) is 0. The van der Waals surface area contributed by atoms with Crippen LogP contribution in [0.15, 0.2) is 0 Å². The number of alkyl halides is 1. The van der Waals surface area contributed by atoms with E-state index in [9.17, 15) is 0 Å². The molecule has 11 heavy (non-hydrogen) atoms. The minimum atomic E-state index is 0.994. The molecule has 1 heteroatoms. The molecule has 3 unspecified atom stereocenters. The van der Waals surface area contributed by atoms with Crippen molar-refractivity contribution in [3.8, 4) is 0 Å². The lowest BCUT2D eigenvalue weighted by Gasteiger charge is -2.35. The summed E-state index contributed by atoms with van der Waals surface area (Å²) >= 11 is 2.56. The minimum Gasteiger partial charge on any atom is -0.0861 e. The normalized spacial score (nSPS) is 39.0. The van der Waals surface area contributed by atoms with E-state index in [1.807, 2.05) is 0 Å². The van der Waals surface area contributed by atoms with Crippen LogP contribution in [-0.4, -0.2) is 4.43 Å². The average molecular weight is 266 g/mol. The smallest absolute Gasteiger partial charge is 0.00264 e. The molecular weight excluding hydrogens is 247 g/mol. The van der Waals surface area contributed by atoms with Gasteiger partial charge in [-0.1, -0.05) is 55.7 Å². The fourth-order valence-electron chi connectivity index (χ4n) is 2.52. The summed E-state index contributed by atoms with van der Waals surface area (Å²) in [6.45, 7) is 4.79. The Morgan fingerprint density at radius 1 is 1.36 bits per heavy atom. The molecule has 0 amide bonds. The van der Waals surface area contributed by atoms with Gasteiger partial charge >= 0.3 is 0 Å². The van der Waals surface area contributed by atoms with Gasteiger partial charge in [-0.15, -0.1) is 0 Å². The second kappa shape index (κ2) is 4.68. The Kier molecular flexibility index (Phi) is 4.18. The standard InChI is InChI=1S/C10H19I/c1-3-10-8(2)5-4-6-9(10)7-11/h8-10H,3-7H2,1-2H3. The minimum absolute atomic E-state index is 0.994. The topological polar surface area (TPSA) is 0 Å². The zero-order valence-electron chi connectivity index (χ0n) is 7.65. The zero-order valence-corrected chi connectivity index (χ0v) is 9.80. The van der Waals surface area contributed by atoms with Gasteiger partial charge in [0.05, 0.1) is 0 Å². The summed E-state index contributed by atoms with van der Waals surface area (Å²) < 4.78 is 1.38. The third kappa shape index (κ3) is 2.33. The van der Waals surface area contributed by atoms with Crippen molar-refractivity contribution in [2.24, 2.45) is 17.8 Å². The second-order valence-corrected chi connectivity index (χ2v) is 4.78. The van der Waals surface area contributed by atoms with E-state index in [1.54, 1.807) is 0 Å². The van der Waals surface area contributed by atoms with E-state index in [0.717, 1.165) is 17.8 Å². The number of hydrogen-bond donors (Lipinski definition) is 0. The van der Waals surface area contributed by atoms with E-state index in [1.165, 1.54) is 30.1 Å². The first-order valence-electron chi connectivity index (χ1n) is 4.85. The second-order valence-electron chi connectivity index (χ2n) is 3.89. The van der Waals surface area contributed by atoms with Gasteiger partial charge in [0.15, 0.2) is 0 Å². The summed E-state index contributed by atoms with van der Waals surface area (Å²) in [5.41, 5.74) is 0. The lowest BCUT2D eigenvalue weighted by atomic mass is 9.72. The molecule has 0 radical (unpaired) electrons. The highest BCUT2D eigenvalue weighted by atomic mass is 127. The first-order valence-corrected chi connectivity index (χ1v) is 6.38. The fourth-order valence-corrected chi connectivity index (χ4v) is 3.62. The molecule has 0 aliphatic heterocycles. The Bertz CT molecular complexity index is 111. The highest BCUT2D eigenvalue weighted by molar-refractivity contribution is 14.1. The van der Waals surface area contributed by atoms with Gasteiger partial charge < -0.3 is 0 Å². The monoisotopic (exact) mass is 266 g/mol. The molecule has 0 nitrogen and oxygen atoms in total. The molecule has 0 bridgehead atoms. The molecule has 0 aromatic rings. The number of halogens is 1. The molecule has 1 saturated carbocycles. The molecule has 66 valence electrons. The first kappa shape index (κ1) is 9.82. The van der Waals surface area contributed by atoms with Gasteiger partial charge in [-0.25, -0.2) is 0 Å². The molecule has 0 aromatic carbocycles. The summed E-state index contributed by atoms with van der Waals surface area (Å²) in [7, 11) is 0. The zero-order chi connectivity index (χ0) is 8.27. The lowest BCUT2D eigenvalue weighted by molar-refractivity contribution is 0.179.